The highest BCUT2D eigenvalue weighted by molar-refractivity contribution is 5.71. The average molecular weight is 237 g/mol. The van der Waals surface area contributed by atoms with Crippen molar-refractivity contribution in [2.75, 3.05) is 6.54 Å². The van der Waals surface area contributed by atoms with E-state index >= 15 is 0 Å². The summed E-state index contributed by atoms with van der Waals surface area (Å²) in [4.78, 5) is 0. The van der Waals surface area contributed by atoms with Crippen molar-refractivity contribution in [3.05, 3.63) is 66.2 Å². The van der Waals surface area contributed by atoms with Crippen LogP contribution >= 0.6 is 0 Å². The Bertz CT molecular complexity index is 509. The molecule has 0 bridgehead atoms. The zero-order valence-electron chi connectivity index (χ0n) is 10.8. The minimum atomic E-state index is 0.596. The maximum absolute atomic E-state index is 5.77. The molecule has 2 N–H and O–H groups in total. The first kappa shape index (κ1) is 12.6. The van der Waals surface area contributed by atoms with E-state index in [4.69, 9.17) is 5.73 Å². The zero-order valence-corrected chi connectivity index (χ0v) is 10.8. The van der Waals surface area contributed by atoms with Crippen LogP contribution in [-0.4, -0.2) is 6.54 Å². The molecule has 18 heavy (non-hydrogen) atoms. The SMILES string of the molecule is CC/C=C(\CN)c1ccc(-c2ccccc2)cc1. The molecular formula is C17H19N. The van der Waals surface area contributed by atoms with Crippen molar-refractivity contribution in [3.8, 4) is 11.1 Å². The summed E-state index contributed by atoms with van der Waals surface area (Å²) < 4.78 is 0. The largest absolute Gasteiger partial charge is 0.326 e. The van der Waals surface area contributed by atoms with E-state index in [2.05, 4.69) is 61.5 Å². The highest BCUT2D eigenvalue weighted by atomic mass is 14.5. The van der Waals surface area contributed by atoms with Gasteiger partial charge in [-0.25, -0.2) is 0 Å². The van der Waals surface area contributed by atoms with Gasteiger partial charge in [0.25, 0.3) is 0 Å². The third kappa shape index (κ3) is 2.88. The second-order valence-electron chi connectivity index (χ2n) is 4.29. The summed E-state index contributed by atoms with van der Waals surface area (Å²) >= 11 is 0. The highest BCUT2D eigenvalue weighted by Gasteiger charge is 2.00. The van der Waals surface area contributed by atoms with E-state index in [1.54, 1.807) is 0 Å². The highest BCUT2D eigenvalue weighted by Crippen LogP contribution is 2.22. The molecule has 1 heteroatoms. The summed E-state index contributed by atoms with van der Waals surface area (Å²) in [6.45, 7) is 2.73. The minimum Gasteiger partial charge on any atom is -0.326 e. The Kier molecular flexibility index (Phi) is 4.32. The van der Waals surface area contributed by atoms with Crippen LogP contribution in [0.5, 0.6) is 0 Å². The van der Waals surface area contributed by atoms with Crippen molar-refractivity contribution in [3.63, 3.8) is 0 Å². The van der Waals surface area contributed by atoms with E-state index in [1.165, 1.54) is 22.3 Å². The van der Waals surface area contributed by atoms with Crippen LogP contribution in [0.2, 0.25) is 0 Å². The first-order valence-electron chi connectivity index (χ1n) is 6.40. The van der Waals surface area contributed by atoms with E-state index < -0.39 is 0 Å². The van der Waals surface area contributed by atoms with Crippen LogP contribution in [0.25, 0.3) is 16.7 Å². The van der Waals surface area contributed by atoms with Gasteiger partial charge in [0.2, 0.25) is 0 Å². The Hall–Kier alpha value is -1.86. The van der Waals surface area contributed by atoms with Crippen molar-refractivity contribution in [1.29, 1.82) is 0 Å². The van der Waals surface area contributed by atoms with Gasteiger partial charge < -0.3 is 5.73 Å². The van der Waals surface area contributed by atoms with Crippen LogP contribution in [0.15, 0.2) is 60.7 Å². The predicted molar refractivity (Wildman–Crippen MR) is 79.2 cm³/mol. The molecule has 0 amide bonds. The van der Waals surface area contributed by atoms with Gasteiger partial charge in [0.1, 0.15) is 0 Å². The molecule has 0 saturated heterocycles. The Morgan fingerprint density at radius 3 is 2.11 bits per heavy atom. The lowest BCUT2D eigenvalue weighted by atomic mass is 10.00. The van der Waals surface area contributed by atoms with E-state index in [1.807, 2.05) is 6.07 Å². The molecule has 2 aromatic carbocycles. The molecule has 0 aliphatic carbocycles. The number of benzene rings is 2. The molecule has 0 aromatic heterocycles. The maximum atomic E-state index is 5.77. The van der Waals surface area contributed by atoms with Gasteiger partial charge in [0, 0.05) is 6.54 Å². The molecule has 0 saturated carbocycles. The summed E-state index contributed by atoms with van der Waals surface area (Å²) in [5.74, 6) is 0. The lowest BCUT2D eigenvalue weighted by Crippen LogP contribution is -2.02. The van der Waals surface area contributed by atoms with Gasteiger partial charge in [0.15, 0.2) is 0 Å². The number of hydrogen-bond donors (Lipinski definition) is 1. The fourth-order valence-corrected chi connectivity index (χ4v) is 2.07. The van der Waals surface area contributed by atoms with Gasteiger partial charge in [-0.05, 0) is 28.7 Å². The molecule has 0 heterocycles. The normalized spacial score (nSPS) is 11.6. The molecule has 0 radical (unpaired) electrons. The Balaban J connectivity index is 2.28. The molecule has 0 unspecified atom stereocenters. The monoisotopic (exact) mass is 237 g/mol. The number of rotatable bonds is 4. The maximum Gasteiger partial charge on any atom is 0.0180 e. The van der Waals surface area contributed by atoms with Crippen molar-refractivity contribution in [2.45, 2.75) is 13.3 Å². The third-order valence-corrected chi connectivity index (χ3v) is 3.03. The fourth-order valence-electron chi connectivity index (χ4n) is 2.07. The van der Waals surface area contributed by atoms with E-state index in [0.29, 0.717) is 6.54 Å². The first-order chi connectivity index (χ1) is 8.85. The number of nitrogens with two attached hydrogens (primary N) is 1. The molecule has 0 fully saturated rings. The zero-order chi connectivity index (χ0) is 12.8. The van der Waals surface area contributed by atoms with Crippen LogP contribution in [0, 0.1) is 0 Å². The fraction of sp³-hybridized carbons (Fsp3) is 0.176. The van der Waals surface area contributed by atoms with Crippen LogP contribution in [0.1, 0.15) is 18.9 Å². The summed E-state index contributed by atoms with van der Waals surface area (Å²) in [5, 5.41) is 0. The van der Waals surface area contributed by atoms with E-state index in [0.717, 1.165) is 6.42 Å². The third-order valence-electron chi connectivity index (χ3n) is 3.03. The molecule has 0 aliphatic heterocycles. The van der Waals surface area contributed by atoms with Gasteiger partial charge in [-0.2, -0.15) is 0 Å². The smallest absolute Gasteiger partial charge is 0.0180 e. The summed E-state index contributed by atoms with van der Waals surface area (Å²) in [6.07, 6.45) is 3.21. The van der Waals surface area contributed by atoms with Crippen molar-refractivity contribution >= 4 is 5.57 Å². The number of hydrogen-bond acceptors (Lipinski definition) is 1. The lowest BCUT2D eigenvalue weighted by Gasteiger charge is -2.07. The molecule has 1 nitrogen and oxygen atoms in total. The quantitative estimate of drug-likeness (QED) is 0.851. The van der Waals surface area contributed by atoms with Crippen LogP contribution in [0.3, 0.4) is 0 Å². The average Bonchev–Trinajstić information content (AvgIpc) is 2.46. The van der Waals surface area contributed by atoms with Gasteiger partial charge in [-0.15, -0.1) is 0 Å². The van der Waals surface area contributed by atoms with Crippen LogP contribution < -0.4 is 5.73 Å². The minimum absolute atomic E-state index is 0.596. The van der Waals surface area contributed by atoms with Crippen molar-refractivity contribution < 1.29 is 0 Å². The Labute approximate surface area is 109 Å². The van der Waals surface area contributed by atoms with E-state index in [-0.39, 0.29) is 0 Å². The molecule has 2 rings (SSSR count). The molecule has 0 aliphatic rings. The van der Waals surface area contributed by atoms with Gasteiger partial charge in [-0.3, -0.25) is 0 Å². The molecular weight excluding hydrogens is 218 g/mol. The molecule has 0 atom stereocenters. The van der Waals surface area contributed by atoms with Crippen molar-refractivity contribution in [2.24, 2.45) is 5.73 Å². The number of allylic oxidation sites excluding steroid dienone is 1. The van der Waals surface area contributed by atoms with E-state index in [9.17, 15) is 0 Å². The van der Waals surface area contributed by atoms with Gasteiger partial charge in [-0.1, -0.05) is 67.6 Å². The topological polar surface area (TPSA) is 26.0 Å². The summed E-state index contributed by atoms with van der Waals surface area (Å²) in [5.41, 5.74) is 10.7. The summed E-state index contributed by atoms with van der Waals surface area (Å²) in [6, 6.07) is 19.0. The van der Waals surface area contributed by atoms with Crippen molar-refractivity contribution in [1.82, 2.24) is 0 Å². The first-order valence-corrected chi connectivity index (χ1v) is 6.40. The molecule has 2 aromatic rings. The Morgan fingerprint density at radius 2 is 1.56 bits per heavy atom. The lowest BCUT2D eigenvalue weighted by molar-refractivity contribution is 1.18. The second kappa shape index (κ2) is 6.18. The van der Waals surface area contributed by atoms with Gasteiger partial charge in [0.05, 0.1) is 0 Å². The van der Waals surface area contributed by atoms with Crippen LogP contribution in [-0.2, 0) is 0 Å². The molecule has 0 spiro atoms. The molecule has 92 valence electrons. The summed E-state index contributed by atoms with van der Waals surface area (Å²) in [7, 11) is 0. The second-order valence-corrected chi connectivity index (χ2v) is 4.29. The van der Waals surface area contributed by atoms with Gasteiger partial charge >= 0.3 is 0 Å². The predicted octanol–water partition coefficient (Wildman–Crippen LogP) is 4.11. The van der Waals surface area contributed by atoms with Crippen LogP contribution in [0.4, 0.5) is 0 Å². The Morgan fingerprint density at radius 1 is 0.944 bits per heavy atom. The standard InChI is InChI=1S/C17H19N/c1-2-6-17(13-18)16-11-9-15(10-12-16)14-7-4-3-5-8-14/h3-12H,2,13,18H2,1H3/b17-6+.